The van der Waals surface area contributed by atoms with Crippen LogP contribution in [-0.2, 0) is 6.54 Å². The van der Waals surface area contributed by atoms with Gasteiger partial charge in [0.25, 0.3) is 0 Å². The number of hydrogen-bond donors (Lipinski definition) is 0. The molecule has 1 saturated heterocycles. The van der Waals surface area contributed by atoms with Crippen molar-refractivity contribution in [3.63, 3.8) is 0 Å². The summed E-state index contributed by atoms with van der Waals surface area (Å²) < 4.78 is 2.34. The lowest BCUT2D eigenvalue weighted by molar-refractivity contribution is 0.271. The second-order valence-electron chi connectivity index (χ2n) is 6.85. The van der Waals surface area contributed by atoms with Gasteiger partial charge in [-0.25, -0.2) is 9.97 Å². The van der Waals surface area contributed by atoms with E-state index in [-0.39, 0.29) is 0 Å². The smallest absolute Gasteiger partial charge is 0.160 e. The number of hydrogen-bond acceptors (Lipinski definition) is 4. The fraction of sp³-hybridized carbons (Fsp3) is 0.647. The molecule has 1 aliphatic heterocycles. The lowest BCUT2D eigenvalue weighted by Crippen LogP contribution is -2.28. The molecule has 3 heterocycles. The highest BCUT2D eigenvalue weighted by molar-refractivity contribution is 5.71. The Bertz CT molecular complexity index is 631. The predicted molar refractivity (Wildman–Crippen MR) is 90.1 cm³/mol. The highest BCUT2D eigenvalue weighted by Gasteiger charge is 2.29. The Hall–Kier alpha value is -1.46. The zero-order valence-corrected chi connectivity index (χ0v) is 14.2. The number of fused-ring (bicyclic) bond motifs is 1. The largest absolute Gasteiger partial charge is 0.311 e. The molecule has 5 heteroatoms. The van der Waals surface area contributed by atoms with E-state index in [0.29, 0.717) is 12.0 Å². The van der Waals surface area contributed by atoms with Crippen LogP contribution in [0.3, 0.4) is 0 Å². The van der Waals surface area contributed by atoms with Gasteiger partial charge < -0.3 is 14.4 Å². The minimum Gasteiger partial charge on any atom is -0.311 e. The van der Waals surface area contributed by atoms with Crippen LogP contribution in [0.2, 0.25) is 0 Å². The fourth-order valence-electron chi connectivity index (χ4n) is 3.28. The zero-order chi connectivity index (χ0) is 15.7. The summed E-state index contributed by atoms with van der Waals surface area (Å²) in [4.78, 5) is 14.3. The second-order valence-corrected chi connectivity index (χ2v) is 6.85. The molecule has 22 heavy (non-hydrogen) atoms. The Labute approximate surface area is 132 Å². The molecule has 3 rings (SSSR count). The molecule has 5 nitrogen and oxygen atoms in total. The van der Waals surface area contributed by atoms with E-state index < -0.39 is 0 Å². The van der Waals surface area contributed by atoms with Crippen molar-refractivity contribution in [1.82, 2.24) is 24.3 Å². The van der Waals surface area contributed by atoms with E-state index in [0.717, 1.165) is 30.8 Å². The van der Waals surface area contributed by atoms with Crippen LogP contribution in [0.1, 0.15) is 32.0 Å². The van der Waals surface area contributed by atoms with Crippen LogP contribution >= 0.6 is 0 Å². The van der Waals surface area contributed by atoms with Crippen molar-refractivity contribution in [3.8, 4) is 0 Å². The predicted octanol–water partition coefficient (Wildman–Crippen LogP) is 2.19. The van der Waals surface area contributed by atoms with Crippen molar-refractivity contribution in [3.05, 3.63) is 24.2 Å². The highest BCUT2D eigenvalue weighted by atomic mass is 15.2. The maximum absolute atomic E-state index is 4.92. The van der Waals surface area contributed by atoms with Crippen LogP contribution in [-0.4, -0.2) is 64.1 Å². The molecule has 1 unspecified atom stereocenters. The number of pyridine rings is 1. The van der Waals surface area contributed by atoms with Gasteiger partial charge in [-0.1, -0.05) is 0 Å². The van der Waals surface area contributed by atoms with Crippen molar-refractivity contribution in [2.75, 3.05) is 33.7 Å². The summed E-state index contributed by atoms with van der Waals surface area (Å²) in [7, 11) is 4.23. The summed E-state index contributed by atoms with van der Waals surface area (Å²) in [5.74, 6) is 1.75. The Morgan fingerprint density at radius 1 is 1.36 bits per heavy atom. The molecule has 0 amide bonds. The first kappa shape index (κ1) is 15.4. The second kappa shape index (κ2) is 6.34. The normalized spacial score (nSPS) is 19.8. The van der Waals surface area contributed by atoms with Crippen LogP contribution in [0.15, 0.2) is 18.3 Å². The monoisotopic (exact) mass is 301 g/mol. The molecule has 120 valence electrons. The summed E-state index contributed by atoms with van der Waals surface area (Å²) in [6.45, 7) is 8.80. The molecule has 0 aliphatic carbocycles. The molecule has 2 aromatic heterocycles. The maximum Gasteiger partial charge on any atom is 0.160 e. The Morgan fingerprint density at radius 2 is 2.18 bits per heavy atom. The molecule has 0 N–H and O–H groups in total. The summed E-state index contributed by atoms with van der Waals surface area (Å²) in [5.41, 5.74) is 2.06. The van der Waals surface area contributed by atoms with Gasteiger partial charge in [-0.3, -0.25) is 0 Å². The number of nitrogens with zero attached hydrogens (tertiary/aromatic N) is 5. The first-order chi connectivity index (χ1) is 10.6. The van der Waals surface area contributed by atoms with Crippen LogP contribution in [0.5, 0.6) is 0 Å². The van der Waals surface area contributed by atoms with Crippen LogP contribution in [0, 0.1) is 0 Å². The number of likely N-dealkylation sites (N-methyl/N-ethyl adjacent to an activating group) is 1. The first-order valence-electron chi connectivity index (χ1n) is 8.26. The molecule has 1 aliphatic rings. The van der Waals surface area contributed by atoms with Crippen molar-refractivity contribution in [1.29, 1.82) is 0 Å². The van der Waals surface area contributed by atoms with Crippen molar-refractivity contribution in [2.24, 2.45) is 0 Å². The summed E-state index contributed by atoms with van der Waals surface area (Å²) in [6, 6.07) is 4.67. The van der Waals surface area contributed by atoms with Gasteiger partial charge in [0, 0.05) is 37.8 Å². The molecule has 1 atom stereocenters. The topological polar surface area (TPSA) is 37.2 Å². The van der Waals surface area contributed by atoms with Gasteiger partial charge in [0.2, 0.25) is 0 Å². The van der Waals surface area contributed by atoms with E-state index in [9.17, 15) is 0 Å². The SMILES string of the molecule is CC(C)N1CCC(c2nc3cccnc3n2CCN(C)C)C1. The van der Waals surface area contributed by atoms with Gasteiger partial charge >= 0.3 is 0 Å². The molecule has 2 aromatic rings. The molecular weight excluding hydrogens is 274 g/mol. The molecule has 1 fully saturated rings. The van der Waals surface area contributed by atoms with Gasteiger partial charge in [0.15, 0.2) is 5.65 Å². The van der Waals surface area contributed by atoms with Crippen molar-refractivity contribution < 1.29 is 0 Å². The molecular formula is C17H27N5. The highest BCUT2D eigenvalue weighted by Crippen LogP contribution is 2.29. The molecule has 0 aromatic carbocycles. The summed E-state index contributed by atoms with van der Waals surface area (Å²) in [5, 5.41) is 0. The number of aromatic nitrogens is 3. The third-order valence-electron chi connectivity index (χ3n) is 4.62. The van der Waals surface area contributed by atoms with E-state index in [1.54, 1.807) is 0 Å². The van der Waals surface area contributed by atoms with E-state index in [1.807, 2.05) is 12.3 Å². The Balaban J connectivity index is 1.92. The van der Waals surface area contributed by atoms with E-state index in [2.05, 4.69) is 53.4 Å². The summed E-state index contributed by atoms with van der Waals surface area (Å²) in [6.07, 6.45) is 3.07. The average molecular weight is 301 g/mol. The van der Waals surface area contributed by atoms with Crippen molar-refractivity contribution in [2.45, 2.75) is 38.8 Å². The van der Waals surface area contributed by atoms with E-state index in [4.69, 9.17) is 4.98 Å². The lowest BCUT2D eigenvalue weighted by Gasteiger charge is -2.20. The van der Waals surface area contributed by atoms with Crippen LogP contribution < -0.4 is 0 Å². The zero-order valence-electron chi connectivity index (χ0n) is 14.2. The Morgan fingerprint density at radius 3 is 2.86 bits per heavy atom. The maximum atomic E-state index is 4.92. The number of likely N-dealkylation sites (tertiary alicyclic amines) is 1. The van der Waals surface area contributed by atoms with Gasteiger partial charge in [-0.15, -0.1) is 0 Å². The van der Waals surface area contributed by atoms with E-state index in [1.165, 1.54) is 18.8 Å². The minimum atomic E-state index is 0.527. The van der Waals surface area contributed by atoms with Crippen LogP contribution in [0.4, 0.5) is 0 Å². The van der Waals surface area contributed by atoms with E-state index >= 15 is 0 Å². The molecule has 0 radical (unpaired) electrons. The molecule has 0 bridgehead atoms. The third-order valence-corrected chi connectivity index (χ3v) is 4.62. The summed E-state index contributed by atoms with van der Waals surface area (Å²) >= 11 is 0. The third kappa shape index (κ3) is 3.01. The van der Waals surface area contributed by atoms with Crippen LogP contribution in [0.25, 0.3) is 11.2 Å². The van der Waals surface area contributed by atoms with Crippen molar-refractivity contribution >= 4 is 11.2 Å². The average Bonchev–Trinajstić information content (AvgIpc) is 3.09. The number of rotatable bonds is 5. The number of imidazole rings is 1. The Kier molecular flexibility index (Phi) is 4.45. The lowest BCUT2D eigenvalue weighted by atomic mass is 10.1. The van der Waals surface area contributed by atoms with Gasteiger partial charge in [-0.2, -0.15) is 0 Å². The van der Waals surface area contributed by atoms with Gasteiger partial charge in [-0.05, 0) is 53.0 Å². The molecule has 0 spiro atoms. The fourth-order valence-corrected chi connectivity index (χ4v) is 3.28. The standard InChI is InChI=1S/C17H27N5/c1-13(2)21-9-7-14(12-21)16-19-15-6-5-8-18-17(15)22(16)11-10-20(3)4/h5-6,8,13-14H,7,9-12H2,1-4H3. The van der Waals surface area contributed by atoms with Gasteiger partial charge in [0.1, 0.15) is 11.3 Å². The molecule has 0 saturated carbocycles. The minimum absolute atomic E-state index is 0.527. The van der Waals surface area contributed by atoms with Gasteiger partial charge in [0.05, 0.1) is 0 Å². The quantitative estimate of drug-likeness (QED) is 0.848. The first-order valence-corrected chi connectivity index (χ1v) is 8.26.